The highest BCUT2D eigenvalue weighted by atomic mass is 16.5. The van der Waals surface area contributed by atoms with E-state index in [0.29, 0.717) is 12.2 Å². The molecule has 0 aromatic heterocycles. The van der Waals surface area contributed by atoms with E-state index in [-0.39, 0.29) is 0 Å². The van der Waals surface area contributed by atoms with E-state index in [1.165, 1.54) is 109 Å². The molecule has 0 aromatic carbocycles. The minimum absolute atomic E-state index is 0.623. The quantitative estimate of drug-likeness (QED) is 0.458. The molecular formula is C30H47NO. The lowest BCUT2D eigenvalue weighted by Crippen LogP contribution is -2.41. The molecule has 2 nitrogen and oxygen atoms in total. The third-order valence-electron chi connectivity index (χ3n) is 10.6. The highest BCUT2D eigenvalue weighted by Gasteiger charge is 2.50. The molecule has 0 amide bonds. The summed E-state index contributed by atoms with van der Waals surface area (Å²) in [5.41, 5.74) is 1.60. The summed E-state index contributed by atoms with van der Waals surface area (Å²) in [6, 6.07) is 0.731. The summed E-state index contributed by atoms with van der Waals surface area (Å²) in [7, 11) is 0. The van der Waals surface area contributed by atoms with Gasteiger partial charge in [0.15, 0.2) is 0 Å². The second-order valence-corrected chi connectivity index (χ2v) is 12.4. The predicted octanol–water partition coefficient (Wildman–Crippen LogP) is 7.55. The predicted molar refractivity (Wildman–Crippen MR) is 132 cm³/mol. The van der Waals surface area contributed by atoms with Gasteiger partial charge in [-0.2, -0.15) is 0 Å². The van der Waals surface area contributed by atoms with Crippen molar-refractivity contribution < 1.29 is 4.74 Å². The molecule has 1 saturated heterocycles. The van der Waals surface area contributed by atoms with E-state index in [9.17, 15) is 0 Å². The van der Waals surface area contributed by atoms with E-state index in [0.717, 1.165) is 41.5 Å². The Labute approximate surface area is 197 Å². The molecule has 0 aromatic rings. The summed E-state index contributed by atoms with van der Waals surface area (Å²) in [5, 5.41) is 4.05. The van der Waals surface area contributed by atoms with Gasteiger partial charge >= 0.3 is 0 Å². The van der Waals surface area contributed by atoms with Crippen LogP contribution in [0.25, 0.3) is 0 Å². The average molecular weight is 438 g/mol. The Hall–Kier alpha value is -0.760. The van der Waals surface area contributed by atoms with Crippen LogP contribution in [0.2, 0.25) is 0 Å². The Balaban J connectivity index is 1.03. The number of hydrogen-bond donors (Lipinski definition) is 1. The van der Waals surface area contributed by atoms with Crippen LogP contribution in [0.15, 0.2) is 23.9 Å². The van der Waals surface area contributed by atoms with E-state index in [4.69, 9.17) is 4.74 Å². The Morgan fingerprint density at radius 2 is 1.53 bits per heavy atom. The van der Waals surface area contributed by atoms with Gasteiger partial charge in [0.25, 0.3) is 0 Å². The van der Waals surface area contributed by atoms with Crippen LogP contribution in [0, 0.1) is 35.5 Å². The molecule has 178 valence electrons. The van der Waals surface area contributed by atoms with Gasteiger partial charge in [0.1, 0.15) is 0 Å². The van der Waals surface area contributed by atoms with Crippen LogP contribution in [-0.4, -0.2) is 18.2 Å². The van der Waals surface area contributed by atoms with Gasteiger partial charge in [0.05, 0.1) is 12.2 Å². The molecule has 3 saturated carbocycles. The van der Waals surface area contributed by atoms with E-state index >= 15 is 0 Å². The van der Waals surface area contributed by atoms with Crippen molar-refractivity contribution in [2.24, 2.45) is 35.5 Å². The van der Waals surface area contributed by atoms with Crippen molar-refractivity contribution in [3.63, 3.8) is 0 Å². The SMILES string of the molecule is C1=CCC(C2C=C(NC3CCC(C4CCCC5C6CCCCC6OC45)CC3)CCC2)CC1. The van der Waals surface area contributed by atoms with Gasteiger partial charge < -0.3 is 10.1 Å². The third-order valence-corrected chi connectivity index (χ3v) is 10.6. The number of allylic oxidation sites excluding steroid dienone is 4. The molecule has 0 bridgehead atoms. The molecule has 4 fully saturated rings. The van der Waals surface area contributed by atoms with Crippen molar-refractivity contribution in [1.82, 2.24) is 5.32 Å². The van der Waals surface area contributed by atoms with Crippen LogP contribution >= 0.6 is 0 Å². The first-order valence-electron chi connectivity index (χ1n) is 14.6. The summed E-state index contributed by atoms with van der Waals surface area (Å²) < 4.78 is 6.82. The van der Waals surface area contributed by atoms with E-state index < -0.39 is 0 Å². The fourth-order valence-electron chi connectivity index (χ4n) is 8.99. The highest BCUT2D eigenvalue weighted by Crippen LogP contribution is 2.52. The Morgan fingerprint density at radius 1 is 0.688 bits per heavy atom. The number of ether oxygens (including phenoxy) is 1. The summed E-state index contributed by atoms with van der Waals surface area (Å²) in [5.74, 6) is 5.37. The minimum atomic E-state index is 0.623. The van der Waals surface area contributed by atoms with Gasteiger partial charge in [-0.25, -0.2) is 0 Å². The summed E-state index contributed by atoms with van der Waals surface area (Å²) in [6.07, 6.45) is 32.6. The zero-order valence-corrected chi connectivity index (χ0v) is 20.4. The molecule has 32 heavy (non-hydrogen) atoms. The van der Waals surface area contributed by atoms with Crippen molar-refractivity contribution in [3.05, 3.63) is 23.9 Å². The summed E-state index contributed by atoms with van der Waals surface area (Å²) >= 11 is 0. The molecule has 1 aliphatic heterocycles. The molecule has 5 aliphatic carbocycles. The van der Waals surface area contributed by atoms with Crippen LogP contribution in [0.1, 0.15) is 109 Å². The molecule has 6 rings (SSSR count). The lowest BCUT2D eigenvalue weighted by atomic mass is 9.65. The number of nitrogens with one attached hydrogen (secondary N) is 1. The minimum Gasteiger partial charge on any atom is -0.386 e. The maximum absolute atomic E-state index is 6.82. The maximum Gasteiger partial charge on any atom is 0.0641 e. The maximum atomic E-state index is 6.82. The average Bonchev–Trinajstić information content (AvgIpc) is 3.24. The number of fused-ring (bicyclic) bond motifs is 3. The first-order valence-corrected chi connectivity index (χ1v) is 14.6. The van der Waals surface area contributed by atoms with E-state index in [2.05, 4.69) is 23.5 Å². The first-order chi connectivity index (χ1) is 15.8. The zero-order valence-electron chi connectivity index (χ0n) is 20.4. The second-order valence-electron chi connectivity index (χ2n) is 12.4. The lowest BCUT2D eigenvalue weighted by molar-refractivity contribution is -0.0475. The smallest absolute Gasteiger partial charge is 0.0641 e. The van der Waals surface area contributed by atoms with Crippen LogP contribution in [0.5, 0.6) is 0 Å². The van der Waals surface area contributed by atoms with Gasteiger partial charge in [-0.05, 0) is 125 Å². The Morgan fingerprint density at radius 3 is 2.41 bits per heavy atom. The van der Waals surface area contributed by atoms with Crippen LogP contribution in [-0.2, 0) is 4.74 Å². The van der Waals surface area contributed by atoms with Crippen molar-refractivity contribution in [2.75, 3.05) is 0 Å². The molecule has 1 N–H and O–H groups in total. The summed E-state index contributed by atoms with van der Waals surface area (Å²) in [6.45, 7) is 0. The van der Waals surface area contributed by atoms with Crippen LogP contribution in [0.4, 0.5) is 0 Å². The van der Waals surface area contributed by atoms with Crippen molar-refractivity contribution in [1.29, 1.82) is 0 Å². The fourth-order valence-corrected chi connectivity index (χ4v) is 8.99. The molecular weight excluding hydrogens is 390 g/mol. The van der Waals surface area contributed by atoms with Gasteiger partial charge in [0.2, 0.25) is 0 Å². The normalized spacial score (nSPS) is 46.8. The van der Waals surface area contributed by atoms with Gasteiger partial charge in [0, 0.05) is 11.7 Å². The molecule has 1 heterocycles. The Kier molecular flexibility index (Phi) is 6.69. The Bertz CT molecular complexity index is 689. The van der Waals surface area contributed by atoms with Crippen LogP contribution in [0.3, 0.4) is 0 Å². The zero-order chi connectivity index (χ0) is 21.3. The van der Waals surface area contributed by atoms with E-state index in [1.807, 2.05) is 0 Å². The van der Waals surface area contributed by atoms with Gasteiger partial charge in [-0.3, -0.25) is 0 Å². The summed E-state index contributed by atoms with van der Waals surface area (Å²) in [4.78, 5) is 0. The van der Waals surface area contributed by atoms with Crippen LogP contribution < -0.4 is 5.32 Å². The second kappa shape index (κ2) is 9.85. The monoisotopic (exact) mass is 437 g/mol. The van der Waals surface area contributed by atoms with E-state index in [1.54, 1.807) is 5.70 Å². The molecule has 0 spiro atoms. The third kappa shape index (κ3) is 4.47. The number of hydrogen-bond acceptors (Lipinski definition) is 2. The first kappa shape index (κ1) is 21.8. The fraction of sp³-hybridized carbons (Fsp3) is 0.867. The van der Waals surface area contributed by atoms with Gasteiger partial charge in [-0.1, -0.05) is 37.5 Å². The lowest BCUT2D eigenvalue weighted by Gasteiger charge is -2.42. The van der Waals surface area contributed by atoms with Crippen molar-refractivity contribution in [3.8, 4) is 0 Å². The standard InChI is InChI=1S/C30H47NO/c1-2-8-21(9-3-1)23-10-6-11-25(20-23)31-24-18-16-22(17-19-24)26-13-7-14-28-27-12-4-5-15-29(27)32-30(26)28/h1-2,20-24,26-31H,3-19H2. The number of rotatable bonds is 4. The van der Waals surface area contributed by atoms with Crippen molar-refractivity contribution >= 4 is 0 Å². The molecule has 7 unspecified atom stereocenters. The molecule has 7 atom stereocenters. The molecule has 2 heteroatoms. The molecule has 6 aliphatic rings. The largest absolute Gasteiger partial charge is 0.386 e. The highest BCUT2D eigenvalue weighted by molar-refractivity contribution is 5.10. The molecule has 0 radical (unpaired) electrons. The van der Waals surface area contributed by atoms with Crippen molar-refractivity contribution in [2.45, 2.75) is 127 Å². The topological polar surface area (TPSA) is 21.3 Å². The van der Waals surface area contributed by atoms with Gasteiger partial charge in [-0.15, -0.1) is 0 Å².